The lowest BCUT2D eigenvalue weighted by Gasteiger charge is -2.19. The highest BCUT2D eigenvalue weighted by atomic mass is 35.5. The molecule has 1 unspecified atom stereocenters. The number of hydrogen-bond donors (Lipinski definition) is 1. The van der Waals surface area contributed by atoms with Crippen molar-refractivity contribution in [3.8, 4) is 0 Å². The molecule has 2 nitrogen and oxygen atoms in total. The van der Waals surface area contributed by atoms with Gasteiger partial charge in [-0.2, -0.15) is 0 Å². The summed E-state index contributed by atoms with van der Waals surface area (Å²) in [4.78, 5) is 4.93. The average Bonchev–Trinajstić information content (AvgIpc) is 2.68. The van der Waals surface area contributed by atoms with Crippen LogP contribution in [0.2, 0.25) is 5.02 Å². The Hall–Kier alpha value is -1.70. The smallest absolute Gasteiger partial charge is 0.0933 e. The van der Waals surface area contributed by atoms with E-state index in [9.17, 15) is 0 Å². The van der Waals surface area contributed by atoms with Crippen LogP contribution in [-0.4, -0.2) is 12.8 Å². The van der Waals surface area contributed by atoms with Gasteiger partial charge in [0.25, 0.3) is 0 Å². The van der Waals surface area contributed by atoms with Crippen LogP contribution in [0.4, 0.5) is 0 Å². The Labute approximate surface area is 168 Å². The highest BCUT2D eigenvalue weighted by Gasteiger charge is 2.15. The molecule has 0 bridgehead atoms. The summed E-state index contributed by atoms with van der Waals surface area (Å²) in [6.45, 7) is 4.75. The molecule has 0 amide bonds. The molecule has 4 heteroatoms. The van der Waals surface area contributed by atoms with Crippen LogP contribution in [0.5, 0.6) is 0 Å². The van der Waals surface area contributed by atoms with Gasteiger partial charge in [0.15, 0.2) is 0 Å². The highest BCUT2D eigenvalue weighted by Crippen LogP contribution is 2.33. The van der Waals surface area contributed by atoms with Crippen LogP contribution in [0.25, 0.3) is 16.7 Å². The molecule has 2 N–H and O–H groups in total. The van der Waals surface area contributed by atoms with E-state index in [0.717, 1.165) is 31.7 Å². The fraction of sp³-hybridized carbons (Fsp3) is 0.217. The van der Waals surface area contributed by atoms with Crippen molar-refractivity contribution in [2.75, 3.05) is 12.8 Å². The van der Waals surface area contributed by atoms with Crippen LogP contribution in [0.3, 0.4) is 0 Å². The summed E-state index contributed by atoms with van der Waals surface area (Å²) in [5.41, 5.74) is 7.19. The van der Waals surface area contributed by atoms with Gasteiger partial charge in [0.05, 0.1) is 6.61 Å². The van der Waals surface area contributed by atoms with E-state index in [4.69, 9.17) is 22.3 Å². The van der Waals surface area contributed by atoms with Crippen molar-refractivity contribution in [3.05, 3.63) is 82.4 Å². The van der Waals surface area contributed by atoms with Crippen LogP contribution in [-0.2, 0) is 4.84 Å². The minimum Gasteiger partial charge on any atom is -0.300 e. The van der Waals surface area contributed by atoms with E-state index in [1.54, 1.807) is 0 Å². The second kappa shape index (κ2) is 9.48. The second-order valence-corrected chi connectivity index (χ2v) is 8.28. The average molecular weight is 398 g/mol. The van der Waals surface area contributed by atoms with Gasteiger partial charge in [0, 0.05) is 5.02 Å². The van der Waals surface area contributed by atoms with Crippen LogP contribution >= 0.6 is 20.2 Å². The molecule has 2 aromatic carbocycles. The number of hydrogen-bond acceptors (Lipinski definition) is 2. The minimum absolute atomic E-state index is 0.443. The number of fused-ring (bicyclic) bond motifs is 1. The zero-order valence-corrected chi connectivity index (χ0v) is 17.5. The Bertz CT molecular complexity index is 914. The summed E-state index contributed by atoms with van der Waals surface area (Å²) in [6.07, 6.45) is 8.71. The van der Waals surface area contributed by atoms with Gasteiger partial charge in [-0.3, -0.25) is 4.84 Å². The van der Waals surface area contributed by atoms with Gasteiger partial charge in [-0.1, -0.05) is 69.6 Å². The van der Waals surface area contributed by atoms with Crippen molar-refractivity contribution in [2.24, 2.45) is 5.90 Å². The maximum Gasteiger partial charge on any atom is 0.0933 e. The molecule has 140 valence electrons. The number of rotatable bonds is 6. The van der Waals surface area contributed by atoms with Gasteiger partial charge in [0.1, 0.15) is 0 Å². The quantitative estimate of drug-likeness (QED) is 0.288. The molecular weight excluding hydrogens is 373 g/mol. The molecule has 0 aromatic heterocycles. The minimum atomic E-state index is 0.443. The van der Waals surface area contributed by atoms with Crippen LogP contribution in [0, 0.1) is 0 Å². The van der Waals surface area contributed by atoms with E-state index < -0.39 is 0 Å². The Balaban J connectivity index is 2.12. The summed E-state index contributed by atoms with van der Waals surface area (Å²) in [5, 5.41) is 2.13. The first-order valence-electron chi connectivity index (χ1n) is 9.16. The van der Waals surface area contributed by atoms with Gasteiger partial charge < -0.3 is 0 Å². The van der Waals surface area contributed by atoms with Gasteiger partial charge in [-0.15, -0.1) is 0 Å². The lowest BCUT2D eigenvalue weighted by molar-refractivity contribution is 0.173. The number of benzene rings is 2. The molecule has 1 atom stereocenters. The monoisotopic (exact) mass is 397 g/mol. The summed E-state index contributed by atoms with van der Waals surface area (Å²) >= 11 is 6.22. The molecule has 3 rings (SSSR count). The van der Waals surface area contributed by atoms with E-state index >= 15 is 0 Å². The fourth-order valence-corrected chi connectivity index (χ4v) is 4.69. The predicted octanol–water partition coefficient (Wildman–Crippen LogP) is 5.83. The molecule has 0 aliphatic carbocycles. The topological polar surface area (TPSA) is 35.2 Å². The molecule has 0 saturated heterocycles. The first-order valence-corrected chi connectivity index (χ1v) is 10.7. The Morgan fingerprint density at radius 3 is 2.81 bits per heavy atom. The lowest BCUT2D eigenvalue weighted by Crippen LogP contribution is -2.14. The second-order valence-electron chi connectivity index (χ2n) is 6.54. The van der Waals surface area contributed by atoms with Crippen molar-refractivity contribution >= 4 is 42.2 Å². The first-order chi connectivity index (χ1) is 13.1. The summed E-state index contributed by atoms with van der Waals surface area (Å²) in [6, 6.07) is 14.8. The van der Waals surface area contributed by atoms with E-state index in [0.29, 0.717) is 6.61 Å². The Morgan fingerprint density at radius 2 is 2.07 bits per heavy atom. The van der Waals surface area contributed by atoms with Crippen molar-refractivity contribution in [1.82, 2.24) is 0 Å². The Morgan fingerprint density at radius 1 is 1.22 bits per heavy atom. The maximum absolute atomic E-state index is 6.22. The van der Waals surface area contributed by atoms with E-state index in [-0.39, 0.29) is 0 Å². The van der Waals surface area contributed by atoms with Crippen molar-refractivity contribution < 1.29 is 4.84 Å². The van der Waals surface area contributed by atoms with Crippen molar-refractivity contribution in [1.29, 1.82) is 0 Å². The molecule has 0 radical (unpaired) electrons. The zero-order valence-electron chi connectivity index (χ0n) is 15.8. The molecule has 0 saturated carbocycles. The molecule has 0 fully saturated rings. The van der Waals surface area contributed by atoms with Crippen LogP contribution < -0.4 is 11.2 Å². The SMILES string of the molecule is CC/C=C\C(=C(/C)c1cccc(Cl)c1)c1ccc2c(c1)C(CON)=CCP2. The number of halogens is 1. The van der Waals surface area contributed by atoms with E-state index in [1.807, 2.05) is 18.2 Å². The normalized spacial score (nSPS) is 15.6. The molecular formula is C23H25ClNOP. The molecule has 27 heavy (non-hydrogen) atoms. The molecule has 1 heterocycles. The van der Waals surface area contributed by atoms with Crippen LogP contribution in [0.1, 0.15) is 37.0 Å². The first kappa shape index (κ1) is 20.0. The third-order valence-corrected chi connectivity index (χ3v) is 6.20. The van der Waals surface area contributed by atoms with Gasteiger partial charge >= 0.3 is 0 Å². The third-order valence-electron chi connectivity index (χ3n) is 4.74. The van der Waals surface area contributed by atoms with Gasteiger partial charge in [-0.05, 0) is 76.4 Å². The molecule has 1 aliphatic heterocycles. The highest BCUT2D eigenvalue weighted by molar-refractivity contribution is 7.47. The van der Waals surface area contributed by atoms with Crippen molar-refractivity contribution in [2.45, 2.75) is 20.3 Å². The molecule has 2 aromatic rings. The molecule has 0 spiro atoms. The predicted molar refractivity (Wildman–Crippen MR) is 121 cm³/mol. The maximum atomic E-state index is 6.22. The summed E-state index contributed by atoms with van der Waals surface area (Å²) in [5.74, 6) is 5.35. The molecule has 1 aliphatic rings. The van der Waals surface area contributed by atoms with E-state index in [1.165, 1.54) is 33.2 Å². The standard InChI is InChI=1S/C23H25ClNOP/c1-3-4-8-21(16(2)17-6-5-7-20(24)13-17)18-9-10-23-22(14-18)19(15-26-25)11-12-27-23/h4-11,13-14,27H,3,12,15,25H2,1-2H3/b8-4-,21-16-. The number of nitrogens with two attached hydrogens (primary N) is 1. The largest absolute Gasteiger partial charge is 0.300 e. The lowest BCUT2D eigenvalue weighted by atomic mass is 9.92. The zero-order chi connectivity index (χ0) is 19.2. The van der Waals surface area contributed by atoms with Crippen molar-refractivity contribution in [3.63, 3.8) is 0 Å². The van der Waals surface area contributed by atoms with Crippen LogP contribution in [0.15, 0.2) is 60.7 Å². The van der Waals surface area contributed by atoms with E-state index in [2.05, 4.69) is 56.3 Å². The summed E-state index contributed by atoms with van der Waals surface area (Å²) < 4.78 is 0. The van der Waals surface area contributed by atoms with Gasteiger partial charge in [0.2, 0.25) is 0 Å². The Kier molecular flexibility index (Phi) is 7.04. The third kappa shape index (κ3) is 4.78. The van der Waals surface area contributed by atoms with Gasteiger partial charge in [-0.25, -0.2) is 5.90 Å². The fourth-order valence-electron chi connectivity index (χ4n) is 3.30. The summed E-state index contributed by atoms with van der Waals surface area (Å²) in [7, 11) is 0.795. The number of allylic oxidation sites excluding steroid dienone is 5.